The van der Waals surface area contributed by atoms with Crippen molar-refractivity contribution >= 4 is 60.8 Å². The van der Waals surface area contributed by atoms with Gasteiger partial charge in [-0.05, 0) is 49.6 Å². The number of rotatable bonds is 6. The van der Waals surface area contributed by atoms with E-state index in [4.69, 9.17) is 4.98 Å². The molecule has 0 unspecified atom stereocenters. The van der Waals surface area contributed by atoms with E-state index in [1.54, 1.807) is 4.57 Å². The third-order valence-corrected chi connectivity index (χ3v) is 6.87. The van der Waals surface area contributed by atoms with E-state index in [-0.39, 0.29) is 17.2 Å². The number of thioether (sulfide) groups is 1. The zero-order chi connectivity index (χ0) is 20.4. The van der Waals surface area contributed by atoms with Gasteiger partial charge >= 0.3 is 0 Å². The minimum Gasteiger partial charge on any atom is -0.325 e. The Balaban J connectivity index is 1.85. The molecule has 148 valence electrons. The van der Waals surface area contributed by atoms with Crippen molar-refractivity contribution < 1.29 is 4.79 Å². The van der Waals surface area contributed by atoms with Gasteiger partial charge in [-0.25, -0.2) is 4.98 Å². The number of aryl methyl sites for hydroxylation is 2. The first-order chi connectivity index (χ1) is 13.3. The lowest BCUT2D eigenvalue weighted by Crippen LogP contribution is -2.26. The second kappa shape index (κ2) is 8.80. The van der Waals surface area contributed by atoms with Gasteiger partial charge in [0.2, 0.25) is 5.91 Å². The summed E-state index contributed by atoms with van der Waals surface area (Å²) in [6.07, 6.45) is 0. The van der Waals surface area contributed by atoms with Crippen LogP contribution in [-0.2, 0) is 11.3 Å². The quantitative estimate of drug-likeness (QED) is 0.388. The summed E-state index contributed by atoms with van der Waals surface area (Å²) in [7, 11) is 0. The molecule has 1 N–H and O–H groups in total. The predicted octanol–water partition coefficient (Wildman–Crippen LogP) is 5.22. The molecular formula is C20H22BrN3O2S2. The molecule has 28 heavy (non-hydrogen) atoms. The van der Waals surface area contributed by atoms with E-state index in [0.717, 1.165) is 25.4 Å². The summed E-state index contributed by atoms with van der Waals surface area (Å²) in [6.45, 7) is 8.68. The van der Waals surface area contributed by atoms with Gasteiger partial charge in [0.1, 0.15) is 4.83 Å². The highest BCUT2D eigenvalue weighted by Crippen LogP contribution is 2.28. The molecule has 2 heterocycles. The van der Waals surface area contributed by atoms with Crippen molar-refractivity contribution in [3.05, 3.63) is 49.5 Å². The monoisotopic (exact) mass is 479 g/mol. The molecular weight excluding hydrogens is 458 g/mol. The van der Waals surface area contributed by atoms with E-state index < -0.39 is 0 Å². The van der Waals surface area contributed by atoms with Crippen LogP contribution in [0.4, 0.5) is 5.69 Å². The highest BCUT2D eigenvalue weighted by molar-refractivity contribution is 9.10. The maximum absolute atomic E-state index is 13.1. The molecule has 3 aromatic rings. The van der Waals surface area contributed by atoms with Crippen LogP contribution < -0.4 is 10.9 Å². The Labute approximate surface area is 180 Å². The molecule has 3 rings (SSSR count). The number of hydrogen-bond acceptors (Lipinski definition) is 5. The van der Waals surface area contributed by atoms with Crippen molar-refractivity contribution in [3.63, 3.8) is 0 Å². The number of nitrogens with zero attached hydrogens (tertiary/aromatic N) is 2. The maximum atomic E-state index is 13.1. The average molecular weight is 480 g/mol. The molecule has 0 atom stereocenters. The average Bonchev–Trinajstić information content (AvgIpc) is 2.92. The molecule has 0 saturated carbocycles. The van der Waals surface area contributed by atoms with Crippen molar-refractivity contribution in [1.29, 1.82) is 0 Å². The van der Waals surface area contributed by atoms with Crippen molar-refractivity contribution in [3.8, 4) is 0 Å². The number of fused-ring (bicyclic) bond motifs is 1. The SMILES string of the molecule is Cc1sc2nc(SCC(=O)Nc3ccc(Br)cc3)n(CC(C)C)c(=O)c2c1C. The largest absolute Gasteiger partial charge is 0.325 e. The number of anilines is 1. The Morgan fingerprint density at radius 1 is 1.29 bits per heavy atom. The topological polar surface area (TPSA) is 64.0 Å². The lowest BCUT2D eigenvalue weighted by molar-refractivity contribution is -0.113. The molecule has 0 radical (unpaired) electrons. The molecule has 0 saturated heterocycles. The van der Waals surface area contributed by atoms with Gasteiger partial charge < -0.3 is 5.32 Å². The van der Waals surface area contributed by atoms with Crippen LogP contribution in [-0.4, -0.2) is 21.2 Å². The highest BCUT2D eigenvalue weighted by atomic mass is 79.9. The standard InChI is InChI=1S/C20H22BrN3O2S2/c1-11(2)9-24-19(26)17-12(3)13(4)28-18(17)23-20(24)27-10-16(25)22-15-7-5-14(21)6-8-15/h5-8,11H,9-10H2,1-4H3,(H,22,25). The van der Waals surface area contributed by atoms with Gasteiger partial charge in [0.25, 0.3) is 5.56 Å². The number of hydrogen-bond donors (Lipinski definition) is 1. The first-order valence-electron chi connectivity index (χ1n) is 8.95. The second-order valence-corrected chi connectivity index (χ2v) is 10.1. The van der Waals surface area contributed by atoms with Crippen LogP contribution in [0, 0.1) is 19.8 Å². The van der Waals surface area contributed by atoms with E-state index >= 15 is 0 Å². The third kappa shape index (κ3) is 4.67. The van der Waals surface area contributed by atoms with Crippen LogP contribution in [0.1, 0.15) is 24.3 Å². The Hall–Kier alpha value is -1.64. The lowest BCUT2D eigenvalue weighted by Gasteiger charge is -2.14. The summed E-state index contributed by atoms with van der Waals surface area (Å²) in [5, 5.41) is 4.17. The fourth-order valence-electron chi connectivity index (χ4n) is 2.81. The number of aromatic nitrogens is 2. The first kappa shape index (κ1) is 21.1. The van der Waals surface area contributed by atoms with Crippen LogP contribution >= 0.6 is 39.0 Å². The van der Waals surface area contributed by atoms with Gasteiger partial charge in [0.15, 0.2) is 5.16 Å². The summed E-state index contributed by atoms with van der Waals surface area (Å²) >= 11 is 6.21. The van der Waals surface area contributed by atoms with Crippen molar-refractivity contribution in [2.45, 2.75) is 39.4 Å². The van der Waals surface area contributed by atoms with Gasteiger partial charge in [-0.2, -0.15) is 0 Å². The summed E-state index contributed by atoms with van der Waals surface area (Å²) in [5.74, 6) is 0.361. The second-order valence-electron chi connectivity index (χ2n) is 7.01. The lowest BCUT2D eigenvalue weighted by atomic mass is 10.2. The Bertz CT molecular complexity index is 1070. The molecule has 8 heteroatoms. The van der Waals surface area contributed by atoms with E-state index in [0.29, 0.717) is 23.0 Å². The predicted molar refractivity (Wildman–Crippen MR) is 122 cm³/mol. The smallest absolute Gasteiger partial charge is 0.263 e. The minimum atomic E-state index is -0.128. The minimum absolute atomic E-state index is 0.0173. The zero-order valence-corrected chi connectivity index (χ0v) is 19.4. The van der Waals surface area contributed by atoms with Crippen molar-refractivity contribution in [2.24, 2.45) is 5.92 Å². The molecule has 0 bridgehead atoms. The van der Waals surface area contributed by atoms with Gasteiger partial charge in [-0.15, -0.1) is 11.3 Å². The van der Waals surface area contributed by atoms with Crippen molar-refractivity contribution in [1.82, 2.24) is 9.55 Å². The molecule has 1 amide bonds. The number of carbonyl (C=O) groups is 1. The molecule has 0 spiro atoms. The molecule has 0 aliphatic carbocycles. The summed E-state index contributed by atoms with van der Waals surface area (Å²) in [4.78, 5) is 32.0. The van der Waals surface area contributed by atoms with Gasteiger partial charge in [0.05, 0.1) is 11.1 Å². The molecule has 5 nitrogen and oxygen atoms in total. The fourth-order valence-corrected chi connectivity index (χ4v) is 4.95. The summed E-state index contributed by atoms with van der Waals surface area (Å²) in [5.41, 5.74) is 1.72. The van der Waals surface area contributed by atoms with E-state index in [2.05, 4.69) is 35.1 Å². The van der Waals surface area contributed by atoms with Crippen molar-refractivity contribution in [2.75, 3.05) is 11.1 Å². The number of nitrogens with one attached hydrogen (secondary N) is 1. The van der Waals surface area contributed by atoms with Crippen LogP contribution in [0.2, 0.25) is 0 Å². The molecule has 0 fully saturated rings. The number of carbonyl (C=O) groups excluding carboxylic acids is 1. The Morgan fingerprint density at radius 3 is 2.61 bits per heavy atom. The van der Waals surface area contributed by atoms with E-state index in [1.165, 1.54) is 23.1 Å². The summed E-state index contributed by atoms with van der Waals surface area (Å²) < 4.78 is 2.67. The van der Waals surface area contributed by atoms with E-state index in [1.807, 2.05) is 38.1 Å². The Kier molecular flexibility index (Phi) is 6.62. The van der Waals surface area contributed by atoms with E-state index in [9.17, 15) is 9.59 Å². The number of thiophene rings is 1. The normalized spacial score (nSPS) is 11.4. The van der Waals surface area contributed by atoms with Crippen LogP contribution in [0.5, 0.6) is 0 Å². The van der Waals surface area contributed by atoms with Crippen LogP contribution in [0.25, 0.3) is 10.2 Å². The molecule has 0 aliphatic heterocycles. The fraction of sp³-hybridized carbons (Fsp3) is 0.350. The third-order valence-electron chi connectivity index (χ3n) is 4.26. The maximum Gasteiger partial charge on any atom is 0.263 e. The van der Waals surface area contributed by atoms with Crippen LogP contribution in [0.15, 0.2) is 38.7 Å². The molecule has 0 aliphatic rings. The van der Waals surface area contributed by atoms with Gasteiger partial charge in [-0.1, -0.05) is 41.5 Å². The van der Waals surface area contributed by atoms with Crippen LogP contribution in [0.3, 0.4) is 0 Å². The number of benzene rings is 1. The zero-order valence-electron chi connectivity index (χ0n) is 16.2. The highest BCUT2D eigenvalue weighted by Gasteiger charge is 2.18. The molecule has 1 aromatic carbocycles. The number of amides is 1. The number of halogens is 1. The van der Waals surface area contributed by atoms with Gasteiger partial charge in [0, 0.05) is 21.6 Å². The Morgan fingerprint density at radius 2 is 1.96 bits per heavy atom. The summed E-state index contributed by atoms with van der Waals surface area (Å²) in [6, 6.07) is 7.42. The van der Waals surface area contributed by atoms with Gasteiger partial charge in [-0.3, -0.25) is 14.2 Å². The first-order valence-corrected chi connectivity index (χ1v) is 11.5. The molecule has 2 aromatic heterocycles.